The number of hydrogen-bond acceptors (Lipinski definition) is 3. The molecule has 3 heteroatoms. The second-order valence-electron chi connectivity index (χ2n) is 6.22. The van der Waals surface area contributed by atoms with Crippen LogP contribution in [0, 0.1) is 11.8 Å². The highest BCUT2D eigenvalue weighted by atomic mass is 16.3. The normalized spacial score (nSPS) is 49.5. The van der Waals surface area contributed by atoms with Crippen molar-refractivity contribution in [2.75, 3.05) is 13.1 Å². The molecule has 0 radical (unpaired) electrons. The summed E-state index contributed by atoms with van der Waals surface area (Å²) >= 11 is 0. The summed E-state index contributed by atoms with van der Waals surface area (Å²) in [7, 11) is 0. The average molecular weight is 224 g/mol. The lowest BCUT2D eigenvalue weighted by Gasteiger charge is -2.47. The molecule has 3 aliphatic heterocycles. The first-order valence-electron chi connectivity index (χ1n) is 6.86. The topological polar surface area (TPSA) is 44.3 Å². The highest BCUT2D eigenvalue weighted by molar-refractivity contribution is 5.06. The van der Waals surface area contributed by atoms with Crippen molar-refractivity contribution in [3.63, 3.8) is 0 Å². The van der Waals surface area contributed by atoms with E-state index in [-0.39, 0.29) is 0 Å². The molecule has 0 amide bonds. The maximum absolute atomic E-state index is 10.7. The Hall–Kier alpha value is -0.120. The van der Waals surface area contributed by atoms with E-state index in [1.807, 2.05) is 0 Å². The van der Waals surface area contributed by atoms with Crippen LogP contribution in [0.2, 0.25) is 0 Å². The number of aliphatic hydroxyl groups is 1. The molecule has 3 heterocycles. The Morgan fingerprint density at radius 1 is 1.12 bits per heavy atom. The van der Waals surface area contributed by atoms with Crippen molar-refractivity contribution in [3.05, 3.63) is 0 Å². The first kappa shape index (κ1) is 11.0. The van der Waals surface area contributed by atoms with E-state index in [1.54, 1.807) is 0 Å². The minimum absolute atomic E-state index is 0.431. The van der Waals surface area contributed by atoms with E-state index in [1.165, 1.54) is 25.7 Å². The van der Waals surface area contributed by atoms with Gasteiger partial charge in [-0.2, -0.15) is 0 Å². The molecule has 3 saturated heterocycles. The second kappa shape index (κ2) is 3.97. The summed E-state index contributed by atoms with van der Waals surface area (Å²) in [6.07, 6.45) is 5.98. The maximum atomic E-state index is 10.7. The zero-order valence-electron chi connectivity index (χ0n) is 10.2. The van der Waals surface area contributed by atoms with Crippen molar-refractivity contribution >= 4 is 0 Å². The van der Waals surface area contributed by atoms with Gasteiger partial charge in [0.05, 0.1) is 5.60 Å². The van der Waals surface area contributed by atoms with Crippen molar-refractivity contribution in [1.82, 2.24) is 10.6 Å². The summed E-state index contributed by atoms with van der Waals surface area (Å²) in [5.74, 6) is 1.20. The third kappa shape index (κ3) is 1.79. The smallest absolute Gasteiger partial charge is 0.0680 e. The lowest BCUT2D eigenvalue weighted by atomic mass is 9.68. The van der Waals surface area contributed by atoms with Gasteiger partial charge >= 0.3 is 0 Å². The molecular formula is C13H24N2O. The molecule has 4 atom stereocenters. The van der Waals surface area contributed by atoms with E-state index in [0.717, 1.165) is 19.5 Å². The summed E-state index contributed by atoms with van der Waals surface area (Å²) in [4.78, 5) is 0. The molecule has 3 N–H and O–H groups in total. The van der Waals surface area contributed by atoms with Crippen molar-refractivity contribution in [2.45, 2.75) is 56.7 Å². The van der Waals surface area contributed by atoms with Crippen LogP contribution in [0.1, 0.15) is 39.0 Å². The number of hydrogen-bond donors (Lipinski definition) is 3. The summed E-state index contributed by atoms with van der Waals surface area (Å²) in [6.45, 7) is 4.34. The van der Waals surface area contributed by atoms with Gasteiger partial charge in [-0.15, -0.1) is 0 Å². The molecule has 3 fully saturated rings. The van der Waals surface area contributed by atoms with Gasteiger partial charge in [0.15, 0.2) is 0 Å². The summed E-state index contributed by atoms with van der Waals surface area (Å²) in [6, 6.07) is 1.16. The van der Waals surface area contributed by atoms with Gasteiger partial charge in [-0.25, -0.2) is 0 Å². The Morgan fingerprint density at radius 2 is 1.88 bits per heavy atom. The molecular weight excluding hydrogens is 200 g/mol. The SMILES string of the molecule is CC1(O)CC2CCC(N2)C1C1CCNCC1. The van der Waals surface area contributed by atoms with Gasteiger partial charge in [-0.3, -0.25) is 0 Å². The predicted octanol–water partition coefficient (Wildman–Crippen LogP) is 0.877. The van der Waals surface area contributed by atoms with Crippen LogP contribution in [0.25, 0.3) is 0 Å². The quantitative estimate of drug-likeness (QED) is 0.619. The van der Waals surface area contributed by atoms with Crippen LogP contribution >= 0.6 is 0 Å². The molecule has 3 rings (SSSR count). The highest BCUT2D eigenvalue weighted by Crippen LogP contribution is 2.44. The van der Waals surface area contributed by atoms with Crippen LogP contribution in [0.5, 0.6) is 0 Å². The summed E-state index contributed by atoms with van der Waals surface area (Å²) in [5.41, 5.74) is -0.431. The standard InChI is InChI=1S/C13H24N2O/c1-13(16)8-10-2-3-11(15-10)12(13)9-4-6-14-7-5-9/h9-12,14-16H,2-8H2,1H3. The Labute approximate surface area is 98.0 Å². The average Bonchev–Trinajstić information content (AvgIpc) is 2.62. The van der Waals surface area contributed by atoms with Crippen molar-refractivity contribution in [1.29, 1.82) is 0 Å². The zero-order valence-corrected chi connectivity index (χ0v) is 10.2. The zero-order chi connectivity index (χ0) is 11.2. The van der Waals surface area contributed by atoms with Gasteiger partial charge in [0.2, 0.25) is 0 Å². The molecule has 3 aliphatic rings. The van der Waals surface area contributed by atoms with E-state index in [0.29, 0.717) is 23.9 Å². The highest BCUT2D eigenvalue weighted by Gasteiger charge is 2.50. The minimum atomic E-state index is -0.431. The first-order valence-corrected chi connectivity index (χ1v) is 6.86. The van der Waals surface area contributed by atoms with Crippen molar-refractivity contribution in [2.24, 2.45) is 11.8 Å². The number of fused-ring (bicyclic) bond motifs is 2. The molecule has 0 aliphatic carbocycles. The van der Waals surface area contributed by atoms with Gasteiger partial charge in [-0.1, -0.05) is 0 Å². The van der Waals surface area contributed by atoms with E-state index >= 15 is 0 Å². The van der Waals surface area contributed by atoms with Gasteiger partial charge in [-0.05, 0) is 58.0 Å². The molecule has 4 unspecified atom stereocenters. The molecule has 0 saturated carbocycles. The van der Waals surface area contributed by atoms with Crippen molar-refractivity contribution in [3.8, 4) is 0 Å². The fourth-order valence-electron chi connectivity index (χ4n) is 4.40. The van der Waals surface area contributed by atoms with E-state index in [2.05, 4.69) is 17.6 Å². The largest absolute Gasteiger partial charge is 0.390 e. The molecule has 0 spiro atoms. The van der Waals surface area contributed by atoms with E-state index in [4.69, 9.17) is 0 Å². The Balaban J connectivity index is 1.79. The molecule has 2 bridgehead atoms. The lowest BCUT2D eigenvalue weighted by molar-refractivity contribution is -0.0731. The van der Waals surface area contributed by atoms with Gasteiger partial charge in [0.25, 0.3) is 0 Å². The predicted molar refractivity (Wildman–Crippen MR) is 64.3 cm³/mol. The van der Waals surface area contributed by atoms with Crippen LogP contribution < -0.4 is 10.6 Å². The van der Waals surface area contributed by atoms with Crippen LogP contribution in [0.3, 0.4) is 0 Å². The van der Waals surface area contributed by atoms with Gasteiger partial charge in [0, 0.05) is 18.0 Å². The fourth-order valence-corrected chi connectivity index (χ4v) is 4.40. The second-order valence-corrected chi connectivity index (χ2v) is 6.22. The van der Waals surface area contributed by atoms with Gasteiger partial charge < -0.3 is 15.7 Å². The number of rotatable bonds is 1. The fraction of sp³-hybridized carbons (Fsp3) is 1.00. The molecule has 0 aromatic carbocycles. The monoisotopic (exact) mass is 224 g/mol. The molecule has 0 aromatic heterocycles. The van der Waals surface area contributed by atoms with Crippen LogP contribution in [0.15, 0.2) is 0 Å². The van der Waals surface area contributed by atoms with Crippen LogP contribution in [-0.4, -0.2) is 35.9 Å². The first-order chi connectivity index (χ1) is 7.67. The molecule has 92 valence electrons. The van der Waals surface area contributed by atoms with Crippen LogP contribution in [0.4, 0.5) is 0 Å². The molecule has 16 heavy (non-hydrogen) atoms. The van der Waals surface area contributed by atoms with Gasteiger partial charge in [0.1, 0.15) is 0 Å². The third-order valence-corrected chi connectivity index (χ3v) is 4.98. The Kier molecular flexibility index (Phi) is 2.73. The minimum Gasteiger partial charge on any atom is -0.390 e. The number of piperidine rings is 2. The van der Waals surface area contributed by atoms with Crippen molar-refractivity contribution < 1.29 is 5.11 Å². The Bertz CT molecular complexity index is 261. The summed E-state index contributed by atoms with van der Waals surface area (Å²) in [5, 5.41) is 17.8. The summed E-state index contributed by atoms with van der Waals surface area (Å²) < 4.78 is 0. The molecule has 0 aromatic rings. The van der Waals surface area contributed by atoms with Crippen LogP contribution in [-0.2, 0) is 0 Å². The third-order valence-electron chi connectivity index (χ3n) is 4.98. The Morgan fingerprint density at radius 3 is 2.62 bits per heavy atom. The van der Waals surface area contributed by atoms with E-state index < -0.39 is 5.60 Å². The maximum Gasteiger partial charge on any atom is 0.0680 e. The number of nitrogens with one attached hydrogen (secondary N) is 2. The molecule has 3 nitrogen and oxygen atoms in total. The van der Waals surface area contributed by atoms with E-state index in [9.17, 15) is 5.11 Å². The lowest BCUT2D eigenvalue weighted by Crippen LogP contribution is -2.58.